The van der Waals surface area contributed by atoms with Crippen molar-refractivity contribution in [1.82, 2.24) is 0 Å². The number of aromatic nitrogens is 1. The molecular weight excluding hydrogens is 461 g/mol. The Hall–Kier alpha value is -2.98. The molecule has 0 aliphatic heterocycles. The Morgan fingerprint density at radius 2 is 1.61 bits per heavy atom. The van der Waals surface area contributed by atoms with E-state index in [1.165, 1.54) is 50.5 Å². The summed E-state index contributed by atoms with van der Waals surface area (Å²) in [5.41, 5.74) is 10.1. The van der Waals surface area contributed by atoms with Crippen LogP contribution in [0.2, 0.25) is 19.6 Å². The molecule has 0 unspecified atom stereocenters. The van der Waals surface area contributed by atoms with Crippen LogP contribution >= 0.6 is 0 Å². The molecule has 5 aromatic rings. The van der Waals surface area contributed by atoms with Crippen LogP contribution in [-0.2, 0) is 13.5 Å². The van der Waals surface area contributed by atoms with E-state index in [0.29, 0.717) is 11.5 Å². The number of furan rings is 1. The molecule has 36 heavy (non-hydrogen) atoms. The zero-order valence-electron chi connectivity index (χ0n) is 23.1. The minimum absolute atomic E-state index is 0.277. The maximum atomic E-state index is 14.1. The molecule has 0 atom stereocenters. The van der Waals surface area contributed by atoms with Gasteiger partial charge in [-0.05, 0) is 79.6 Å². The molecule has 0 saturated heterocycles. The molecular formula is C32H37FNOSi+. The molecule has 2 aromatic heterocycles. The summed E-state index contributed by atoms with van der Waals surface area (Å²) in [7, 11) is 0.683. The van der Waals surface area contributed by atoms with Crippen LogP contribution in [-0.4, -0.2) is 8.07 Å². The smallest absolute Gasteiger partial charge is 0.217 e. The molecule has 0 bridgehead atoms. The van der Waals surface area contributed by atoms with E-state index in [2.05, 4.69) is 90.1 Å². The SMILES string of the molecule is Cc1cc2c(cc1[Si](C)(C)C)c(CC(C)C)cc(-c1c(C)c(C)cc3c1oc1cc(F)ccc13)[n+]2C. The fraction of sp³-hybridized carbons (Fsp3) is 0.344. The van der Waals surface area contributed by atoms with Gasteiger partial charge < -0.3 is 4.42 Å². The number of hydrogen-bond acceptors (Lipinski definition) is 1. The fourth-order valence-corrected chi connectivity index (χ4v) is 7.61. The van der Waals surface area contributed by atoms with Crippen LogP contribution in [0.25, 0.3) is 44.1 Å². The van der Waals surface area contributed by atoms with E-state index in [1.807, 2.05) is 6.07 Å². The zero-order valence-corrected chi connectivity index (χ0v) is 24.1. The van der Waals surface area contributed by atoms with Gasteiger partial charge in [0.05, 0.1) is 13.6 Å². The minimum Gasteiger partial charge on any atom is -0.455 e. The molecule has 0 amide bonds. The highest BCUT2D eigenvalue weighted by molar-refractivity contribution is 6.89. The molecule has 4 heteroatoms. The molecule has 0 fully saturated rings. The van der Waals surface area contributed by atoms with Gasteiger partial charge in [0.1, 0.15) is 24.0 Å². The number of aryl methyl sites for hydroxylation is 3. The molecule has 0 radical (unpaired) electrons. The second-order valence-corrected chi connectivity index (χ2v) is 17.0. The van der Waals surface area contributed by atoms with Crippen molar-refractivity contribution in [3.63, 3.8) is 0 Å². The van der Waals surface area contributed by atoms with Crippen LogP contribution in [0.5, 0.6) is 0 Å². The summed E-state index contributed by atoms with van der Waals surface area (Å²) in [6.07, 6.45) is 1.01. The topological polar surface area (TPSA) is 17.0 Å². The van der Waals surface area contributed by atoms with E-state index >= 15 is 0 Å². The largest absolute Gasteiger partial charge is 0.455 e. The monoisotopic (exact) mass is 498 g/mol. The van der Waals surface area contributed by atoms with Gasteiger partial charge in [-0.25, -0.2) is 4.39 Å². The van der Waals surface area contributed by atoms with Crippen molar-refractivity contribution in [3.05, 3.63) is 70.5 Å². The average molecular weight is 499 g/mol. The standard InChI is InChI=1S/C32H37FNOSi/c1-18(2)12-22-15-28(34(6)27-14-20(4)30(17-25(22)27)36(7,8)9)31-21(5)19(3)13-26-24-11-10-23(33)16-29(24)35-32(26)31/h10-11,13-18H,12H2,1-9H3/q+1. The van der Waals surface area contributed by atoms with Crippen molar-refractivity contribution in [2.75, 3.05) is 0 Å². The number of fused-ring (bicyclic) bond motifs is 4. The lowest BCUT2D eigenvalue weighted by molar-refractivity contribution is -0.633. The predicted octanol–water partition coefficient (Wildman–Crippen LogP) is 8.04. The van der Waals surface area contributed by atoms with E-state index < -0.39 is 8.07 Å². The van der Waals surface area contributed by atoms with Crippen LogP contribution in [0, 0.1) is 32.5 Å². The van der Waals surface area contributed by atoms with Crippen molar-refractivity contribution < 1.29 is 13.4 Å². The highest BCUT2D eigenvalue weighted by Gasteiger charge is 2.28. The van der Waals surface area contributed by atoms with Gasteiger partial charge in [-0.2, -0.15) is 4.57 Å². The molecule has 0 saturated carbocycles. The second kappa shape index (κ2) is 8.55. The summed E-state index contributed by atoms with van der Waals surface area (Å²) in [6, 6.07) is 14.3. The number of rotatable bonds is 4. The van der Waals surface area contributed by atoms with Crippen molar-refractivity contribution in [3.8, 4) is 11.3 Å². The number of hydrogen-bond donors (Lipinski definition) is 0. The van der Waals surface area contributed by atoms with E-state index in [9.17, 15) is 4.39 Å². The fourth-order valence-electron chi connectivity index (χ4n) is 5.77. The van der Waals surface area contributed by atoms with Crippen molar-refractivity contribution in [1.29, 1.82) is 0 Å². The summed E-state index contributed by atoms with van der Waals surface area (Å²) in [6.45, 7) is 18.4. The summed E-state index contributed by atoms with van der Waals surface area (Å²) in [4.78, 5) is 0. The molecule has 5 rings (SSSR count). The quantitative estimate of drug-likeness (QED) is 0.181. The van der Waals surface area contributed by atoms with Gasteiger partial charge in [0.25, 0.3) is 0 Å². The highest BCUT2D eigenvalue weighted by Crippen LogP contribution is 2.39. The summed E-state index contributed by atoms with van der Waals surface area (Å²) in [5, 5.41) is 4.88. The molecule has 0 N–H and O–H groups in total. The Balaban J connectivity index is 1.92. The molecule has 0 aliphatic rings. The predicted molar refractivity (Wildman–Crippen MR) is 154 cm³/mol. The van der Waals surface area contributed by atoms with Gasteiger partial charge in [-0.1, -0.05) is 38.7 Å². The normalized spacial score (nSPS) is 12.5. The second-order valence-electron chi connectivity index (χ2n) is 12.0. The Morgan fingerprint density at radius 1 is 0.889 bits per heavy atom. The average Bonchev–Trinajstić information content (AvgIpc) is 3.12. The van der Waals surface area contributed by atoms with Gasteiger partial charge in [0, 0.05) is 34.4 Å². The van der Waals surface area contributed by atoms with Crippen molar-refractivity contribution in [2.24, 2.45) is 13.0 Å². The zero-order chi connectivity index (χ0) is 26.1. The molecule has 2 nitrogen and oxygen atoms in total. The number of nitrogens with zero attached hydrogens (tertiary/aromatic N) is 1. The van der Waals surface area contributed by atoms with Gasteiger partial charge >= 0.3 is 0 Å². The van der Waals surface area contributed by atoms with Crippen LogP contribution in [0.4, 0.5) is 4.39 Å². The third-order valence-corrected chi connectivity index (χ3v) is 9.81. The Labute approximate surface area is 214 Å². The van der Waals surface area contributed by atoms with E-state index in [-0.39, 0.29) is 5.82 Å². The first kappa shape index (κ1) is 24.7. The number of halogens is 1. The first-order valence-corrected chi connectivity index (χ1v) is 16.5. The maximum Gasteiger partial charge on any atom is 0.217 e. The van der Waals surface area contributed by atoms with E-state index in [0.717, 1.165) is 34.0 Å². The lowest BCUT2D eigenvalue weighted by Crippen LogP contribution is -2.41. The van der Waals surface area contributed by atoms with Gasteiger partial charge in [-0.3, -0.25) is 0 Å². The Morgan fingerprint density at radius 3 is 2.28 bits per heavy atom. The minimum atomic E-state index is -1.48. The van der Waals surface area contributed by atoms with Gasteiger partial charge in [0.2, 0.25) is 11.2 Å². The van der Waals surface area contributed by atoms with Crippen molar-refractivity contribution in [2.45, 2.75) is 60.7 Å². The van der Waals surface area contributed by atoms with Crippen LogP contribution in [0.1, 0.15) is 36.1 Å². The Kier molecular flexibility index (Phi) is 5.87. The van der Waals surface area contributed by atoms with Crippen LogP contribution in [0.3, 0.4) is 0 Å². The lowest BCUT2D eigenvalue weighted by atomic mass is 9.92. The summed E-state index contributed by atoms with van der Waals surface area (Å²) < 4.78 is 22.8. The first-order valence-electron chi connectivity index (χ1n) is 13.0. The maximum absolute atomic E-state index is 14.1. The number of benzene rings is 3. The lowest BCUT2D eigenvalue weighted by Gasteiger charge is -2.21. The van der Waals surface area contributed by atoms with E-state index in [1.54, 1.807) is 0 Å². The summed E-state index contributed by atoms with van der Waals surface area (Å²) >= 11 is 0. The van der Waals surface area contributed by atoms with E-state index in [4.69, 9.17) is 4.42 Å². The van der Waals surface area contributed by atoms with Crippen LogP contribution in [0.15, 0.2) is 46.9 Å². The van der Waals surface area contributed by atoms with Gasteiger partial charge in [0.15, 0.2) is 0 Å². The third-order valence-electron chi connectivity index (χ3n) is 7.66. The van der Waals surface area contributed by atoms with Crippen LogP contribution < -0.4 is 9.75 Å². The molecule has 2 heterocycles. The third kappa shape index (κ3) is 3.96. The van der Waals surface area contributed by atoms with Crippen molar-refractivity contribution >= 4 is 46.1 Å². The molecule has 0 spiro atoms. The highest BCUT2D eigenvalue weighted by atomic mass is 28.3. The molecule has 186 valence electrons. The molecule has 0 aliphatic carbocycles. The summed E-state index contributed by atoms with van der Waals surface area (Å²) in [5.74, 6) is 0.263. The van der Waals surface area contributed by atoms with Gasteiger partial charge in [-0.15, -0.1) is 0 Å². The molecule has 3 aromatic carbocycles. The first-order chi connectivity index (χ1) is 16.9. The Bertz CT molecular complexity index is 1670. The number of pyridine rings is 1.